The van der Waals surface area contributed by atoms with Crippen LogP contribution in [-0.2, 0) is 9.53 Å². The highest BCUT2D eigenvalue weighted by molar-refractivity contribution is 5.97. The summed E-state index contributed by atoms with van der Waals surface area (Å²) < 4.78 is 11.8. The van der Waals surface area contributed by atoms with Crippen molar-refractivity contribution in [3.63, 3.8) is 0 Å². The molecular weight excluding hydrogens is 364 g/mol. The number of piperidine rings is 1. The molecule has 2 atom stereocenters. The lowest BCUT2D eigenvalue weighted by atomic mass is 9.97. The smallest absolute Gasteiger partial charge is 0.256 e. The van der Waals surface area contributed by atoms with Crippen LogP contribution in [0.4, 0.5) is 5.69 Å². The molecule has 5 nitrogen and oxygen atoms in total. The maximum atomic E-state index is 12.8. The number of carbonyl (C=O) groups excluding carboxylic acids is 1. The van der Waals surface area contributed by atoms with Gasteiger partial charge in [-0.15, -0.1) is 0 Å². The Kier molecular flexibility index (Phi) is 9.95. The van der Waals surface area contributed by atoms with Crippen LogP contribution in [0.1, 0.15) is 66.2 Å². The van der Waals surface area contributed by atoms with Crippen molar-refractivity contribution in [2.24, 2.45) is 5.92 Å². The number of hydrogen-bond acceptors (Lipinski definition) is 4. The summed E-state index contributed by atoms with van der Waals surface area (Å²) in [4.78, 5) is 15.3. The molecule has 1 aliphatic heterocycles. The number of benzene rings is 1. The molecule has 0 spiro atoms. The Morgan fingerprint density at radius 1 is 1.21 bits per heavy atom. The summed E-state index contributed by atoms with van der Waals surface area (Å²) in [6.07, 6.45) is 6.26. The molecule has 5 heteroatoms. The molecule has 2 rings (SSSR count). The van der Waals surface area contributed by atoms with E-state index >= 15 is 0 Å². The second-order valence-electron chi connectivity index (χ2n) is 8.56. The standard InChI is InChI=1S/C24H40N2O3/c1-5-7-14-24(4,29-17-6-2)23(27)25-21-10-12-22(13-11-21)28-18-16-26-15-8-9-20(3)19-26/h10-13,20H,5-9,14-19H2,1-4H3,(H,25,27)/t20-,24-/m0/s1. The topological polar surface area (TPSA) is 50.8 Å². The quantitative estimate of drug-likeness (QED) is 0.526. The molecule has 1 aromatic rings. The van der Waals surface area contributed by atoms with Gasteiger partial charge in [0.1, 0.15) is 18.0 Å². The average Bonchev–Trinajstić information content (AvgIpc) is 2.72. The number of anilines is 1. The molecule has 0 aliphatic carbocycles. The van der Waals surface area contributed by atoms with Crippen molar-refractivity contribution >= 4 is 11.6 Å². The van der Waals surface area contributed by atoms with Crippen LogP contribution in [0.3, 0.4) is 0 Å². The van der Waals surface area contributed by atoms with Gasteiger partial charge < -0.3 is 14.8 Å². The maximum absolute atomic E-state index is 12.8. The van der Waals surface area contributed by atoms with E-state index in [2.05, 4.69) is 31.0 Å². The molecule has 1 amide bonds. The zero-order chi connectivity index (χ0) is 21.1. The molecule has 1 saturated heterocycles. The number of nitrogens with zero attached hydrogens (tertiary/aromatic N) is 1. The maximum Gasteiger partial charge on any atom is 0.256 e. The first-order valence-corrected chi connectivity index (χ1v) is 11.4. The Hall–Kier alpha value is -1.59. The minimum absolute atomic E-state index is 0.0766. The number of hydrogen-bond donors (Lipinski definition) is 1. The number of likely N-dealkylation sites (tertiary alicyclic amines) is 1. The number of ether oxygens (including phenoxy) is 2. The van der Waals surface area contributed by atoms with E-state index in [9.17, 15) is 4.79 Å². The Labute approximate surface area is 177 Å². The third kappa shape index (κ3) is 7.98. The summed E-state index contributed by atoms with van der Waals surface area (Å²) in [6.45, 7) is 13.0. The molecule has 1 aliphatic rings. The number of nitrogens with one attached hydrogen (secondary N) is 1. The van der Waals surface area contributed by atoms with Gasteiger partial charge in [-0.2, -0.15) is 0 Å². The van der Waals surface area contributed by atoms with Crippen molar-refractivity contribution in [3.05, 3.63) is 24.3 Å². The fourth-order valence-corrected chi connectivity index (χ4v) is 3.77. The van der Waals surface area contributed by atoms with E-state index in [-0.39, 0.29) is 5.91 Å². The van der Waals surface area contributed by atoms with Gasteiger partial charge in [-0.3, -0.25) is 9.69 Å². The van der Waals surface area contributed by atoms with Crippen LogP contribution in [-0.4, -0.2) is 49.3 Å². The van der Waals surface area contributed by atoms with Crippen LogP contribution in [0, 0.1) is 5.92 Å². The number of amides is 1. The van der Waals surface area contributed by atoms with E-state index in [1.54, 1.807) is 0 Å². The van der Waals surface area contributed by atoms with Crippen molar-refractivity contribution in [3.8, 4) is 5.75 Å². The molecule has 0 bridgehead atoms. The van der Waals surface area contributed by atoms with Crippen molar-refractivity contribution in [1.29, 1.82) is 0 Å². The Morgan fingerprint density at radius 2 is 1.97 bits per heavy atom. The van der Waals surface area contributed by atoms with Gasteiger partial charge in [0.15, 0.2) is 0 Å². The van der Waals surface area contributed by atoms with Gasteiger partial charge in [0.05, 0.1) is 0 Å². The largest absolute Gasteiger partial charge is 0.492 e. The number of rotatable bonds is 12. The molecule has 1 aromatic carbocycles. The van der Waals surface area contributed by atoms with Crippen molar-refractivity contribution in [2.45, 2.75) is 71.8 Å². The zero-order valence-corrected chi connectivity index (χ0v) is 18.8. The monoisotopic (exact) mass is 404 g/mol. The van der Waals surface area contributed by atoms with Gasteiger partial charge in [-0.05, 0) is 69.3 Å². The highest BCUT2D eigenvalue weighted by Gasteiger charge is 2.33. The van der Waals surface area contributed by atoms with Crippen LogP contribution < -0.4 is 10.1 Å². The van der Waals surface area contributed by atoms with Crippen molar-refractivity contribution < 1.29 is 14.3 Å². The number of unbranched alkanes of at least 4 members (excludes halogenated alkanes) is 1. The second kappa shape index (κ2) is 12.2. The van der Waals surface area contributed by atoms with Gasteiger partial charge in [0.25, 0.3) is 5.91 Å². The minimum Gasteiger partial charge on any atom is -0.492 e. The van der Waals surface area contributed by atoms with Crippen LogP contribution >= 0.6 is 0 Å². The highest BCUT2D eigenvalue weighted by Crippen LogP contribution is 2.23. The molecule has 1 fully saturated rings. The Morgan fingerprint density at radius 3 is 2.62 bits per heavy atom. The molecule has 0 aromatic heterocycles. The molecule has 0 unspecified atom stereocenters. The van der Waals surface area contributed by atoms with Crippen LogP contribution in [0.2, 0.25) is 0 Å². The molecule has 1 N–H and O–H groups in total. The lowest BCUT2D eigenvalue weighted by Gasteiger charge is -2.30. The molecule has 0 saturated carbocycles. The van der Waals surface area contributed by atoms with Crippen LogP contribution in [0.5, 0.6) is 5.75 Å². The SMILES string of the molecule is CCCC[C@](C)(OCCC)C(=O)Nc1ccc(OCCN2CCC[C@H](C)C2)cc1. The minimum atomic E-state index is -0.785. The van der Waals surface area contributed by atoms with Gasteiger partial charge >= 0.3 is 0 Å². The summed E-state index contributed by atoms with van der Waals surface area (Å²) >= 11 is 0. The van der Waals surface area contributed by atoms with Gasteiger partial charge in [0, 0.05) is 25.4 Å². The molecule has 164 valence electrons. The lowest BCUT2D eigenvalue weighted by molar-refractivity contribution is -0.140. The predicted molar refractivity (Wildman–Crippen MR) is 120 cm³/mol. The lowest BCUT2D eigenvalue weighted by Crippen LogP contribution is -2.43. The average molecular weight is 405 g/mol. The van der Waals surface area contributed by atoms with Gasteiger partial charge in [-0.1, -0.05) is 33.6 Å². The van der Waals surface area contributed by atoms with Crippen molar-refractivity contribution in [1.82, 2.24) is 4.90 Å². The van der Waals surface area contributed by atoms with E-state index in [4.69, 9.17) is 9.47 Å². The van der Waals surface area contributed by atoms with Crippen LogP contribution in [0.25, 0.3) is 0 Å². The van der Waals surface area contributed by atoms with E-state index in [0.29, 0.717) is 13.2 Å². The molecular formula is C24H40N2O3. The molecule has 0 radical (unpaired) electrons. The van der Waals surface area contributed by atoms with E-state index in [1.807, 2.05) is 31.2 Å². The highest BCUT2D eigenvalue weighted by atomic mass is 16.5. The Bertz CT molecular complexity index is 595. The normalized spacial score (nSPS) is 19.5. The Balaban J connectivity index is 1.82. The van der Waals surface area contributed by atoms with Gasteiger partial charge in [-0.25, -0.2) is 0 Å². The predicted octanol–water partition coefficient (Wildman–Crippen LogP) is 5.11. The van der Waals surface area contributed by atoms with Gasteiger partial charge in [0.2, 0.25) is 0 Å². The summed E-state index contributed by atoms with van der Waals surface area (Å²) in [5.41, 5.74) is -0.0118. The summed E-state index contributed by atoms with van der Waals surface area (Å²) in [5.74, 6) is 1.55. The number of carbonyl (C=O) groups is 1. The zero-order valence-electron chi connectivity index (χ0n) is 18.8. The third-order valence-corrected chi connectivity index (χ3v) is 5.64. The first-order valence-electron chi connectivity index (χ1n) is 11.4. The summed E-state index contributed by atoms with van der Waals surface area (Å²) in [5, 5.41) is 3.01. The van der Waals surface area contributed by atoms with E-state index in [1.165, 1.54) is 25.9 Å². The third-order valence-electron chi connectivity index (χ3n) is 5.64. The summed E-state index contributed by atoms with van der Waals surface area (Å²) in [6, 6.07) is 7.64. The van der Waals surface area contributed by atoms with Crippen LogP contribution in [0.15, 0.2) is 24.3 Å². The first kappa shape index (κ1) is 23.7. The fourth-order valence-electron chi connectivity index (χ4n) is 3.77. The van der Waals surface area contributed by atoms with Crippen molar-refractivity contribution in [2.75, 3.05) is 38.2 Å². The first-order chi connectivity index (χ1) is 14.0. The molecule has 1 heterocycles. The van der Waals surface area contributed by atoms with E-state index in [0.717, 1.165) is 49.6 Å². The fraction of sp³-hybridized carbons (Fsp3) is 0.708. The second-order valence-corrected chi connectivity index (χ2v) is 8.56. The molecule has 29 heavy (non-hydrogen) atoms. The summed E-state index contributed by atoms with van der Waals surface area (Å²) in [7, 11) is 0. The van der Waals surface area contributed by atoms with E-state index < -0.39 is 5.60 Å².